The summed E-state index contributed by atoms with van der Waals surface area (Å²) in [6.45, 7) is -0.279. The summed E-state index contributed by atoms with van der Waals surface area (Å²) in [6.07, 6.45) is 0. The zero-order chi connectivity index (χ0) is 18.5. The molecule has 8 nitrogen and oxygen atoms in total. The summed E-state index contributed by atoms with van der Waals surface area (Å²) in [5, 5.41) is 11.1. The summed E-state index contributed by atoms with van der Waals surface area (Å²) in [4.78, 5) is 37.5. The normalized spacial score (nSPS) is 10.3. The van der Waals surface area contributed by atoms with Gasteiger partial charge in [-0.15, -0.1) is 0 Å². The van der Waals surface area contributed by atoms with Crippen molar-refractivity contribution in [2.75, 3.05) is 11.9 Å². The minimum Gasteiger partial charge on any atom is -0.343 e. The average Bonchev–Trinajstić information content (AvgIpc) is 3.06. The van der Waals surface area contributed by atoms with Crippen molar-refractivity contribution >= 4 is 17.5 Å². The molecule has 132 valence electrons. The molecular formula is C17H14FN5O3. The summed E-state index contributed by atoms with van der Waals surface area (Å²) < 4.78 is 13.1. The Morgan fingerprint density at radius 2 is 1.92 bits per heavy atom. The number of amides is 2. The van der Waals surface area contributed by atoms with Gasteiger partial charge in [0, 0.05) is 16.8 Å². The lowest BCUT2D eigenvalue weighted by Crippen LogP contribution is -2.32. The van der Waals surface area contributed by atoms with E-state index < -0.39 is 23.3 Å². The van der Waals surface area contributed by atoms with E-state index in [2.05, 4.69) is 25.8 Å². The summed E-state index contributed by atoms with van der Waals surface area (Å²) in [5.41, 5.74) is 0.762. The number of carbonyl (C=O) groups excluding carboxylic acids is 2. The van der Waals surface area contributed by atoms with Crippen molar-refractivity contribution in [3.63, 3.8) is 0 Å². The summed E-state index contributed by atoms with van der Waals surface area (Å²) in [7, 11) is 0. The monoisotopic (exact) mass is 355 g/mol. The highest BCUT2D eigenvalue weighted by molar-refractivity contribution is 5.99. The van der Waals surface area contributed by atoms with Crippen LogP contribution < -0.4 is 16.3 Å². The molecule has 0 radical (unpaired) electrons. The number of hydrogen-bond donors (Lipinski definition) is 4. The number of halogens is 1. The second-order valence-corrected chi connectivity index (χ2v) is 5.35. The third-order valence-electron chi connectivity index (χ3n) is 3.42. The van der Waals surface area contributed by atoms with Crippen LogP contribution in [0.25, 0.3) is 11.4 Å². The van der Waals surface area contributed by atoms with E-state index in [4.69, 9.17) is 0 Å². The van der Waals surface area contributed by atoms with Gasteiger partial charge in [0.05, 0.1) is 6.54 Å². The highest BCUT2D eigenvalue weighted by Crippen LogP contribution is 2.17. The van der Waals surface area contributed by atoms with Gasteiger partial charge >= 0.3 is 5.69 Å². The lowest BCUT2D eigenvalue weighted by Gasteiger charge is -2.08. The number of benzene rings is 2. The van der Waals surface area contributed by atoms with Crippen LogP contribution in [0.2, 0.25) is 0 Å². The van der Waals surface area contributed by atoms with Crippen molar-refractivity contribution in [3.8, 4) is 11.4 Å². The van der Waals surface area contributed by atoms with Crippen LogP contribution in [0.1, 0.15) is 10.4 Å². The van der Waals surface area contributed by atoms with Crippen LogP contribution in [0.4, 0.5) is 10.1 Å². The average molecular weight is 355 g/mol. The molecule has 0 saturated heterocycles. The first-order chi connectivity index (χ1) is 12.5. The van der Waals surface area contributed by atoms with Crippen molar-refractivity contribution in [2.24, 2.45) is 0 Å². The first-order valence-electron chi connectivity index (χ1n) is 7.60. The van der Waals surface area contributed by atoms with Gasteiger partial charge in [-0.3, -0.25) is 14.6 Å². The van der Waals surface area contributed by atoms with E-state index in [1.807, 2.05) is 0 Å². The number of rotatable bonds is 5. The summed E-state index contributed by atoms with van der Waals surface area (Å²) >= 11 is 0. The third kappa shape index (κ3) is 4.20. The van der Waals surface area contributed by atoms with Crippen molar-refractivity contribution in [1.29, 1.82) is 0 Å². The van der Waals surface area contributed by atoms with E-state index in [9.17, 15) is 18.8 Å². The number of nitrogens with zero attached hydrogens (tertiary/aromatic N) is 1. The van der Waals surface area contributed by atoms with E-state index >= 15 is 0 Å². The molecule has 0 unspecified atom stereocenters. The van der Waals surface area contributed by atoms with Gasteiger partial charge in [0.15, 0.2) is 5.82 Å². The van der Waals surface area contributed by atoms with Gasteiger partial charge in [0.25, 0.3) is 5.91 Å². The number of H-pyrrole nitrogens is 2. The maximum absolute atomic E-state index is 13.1. The molecule has 4 N–H and O–H groups in total. The SMILES string of the molecule is O=C(CNC(=O)c1cccc(F)c1)Nc1cccc(-c2n[nH]c(=O)[nH]2)c1. The molecule has 0 aliphatic rings. The molecule has 0 aliphatic heterocycles. The minimum atomic E-state index is -0.553. The maximum atomic E-state index is 13.1. The van der Waals surface area contributed by atoms with E-state index in [1.54, 1.807) is 24.3 Å². The smallest absolute Gasteiger partial charge is 0.340 e. The summed E-state index contributed by atoms with van der Waals surface area (Å²) in [5.74, 6) is -1.20. The van der Waals surface area contributed by atoms with E-state index in [0.29, 0.717) is 17.1 Å². The predicted molar refractivity (Wildman–Crippen MR) is 92.0 cm³/mol. The zero-order valence-corrected chi connectivity index (χ0v) is 13.4. The van der Waals surface area contributed by atoms with Crippen LogP contribution in [0.5, 0.6) is 0 Å². The van der Waals surface area contributed by atoms with Crippen LogP contribution in [-0.4, -0.2) is 33.5 Å². The molecule has 1 heterocycles. The molecule has 3 rings (SSSR count). The summed E-state index contributed by atoms with van der Waals surface area (Å²) in [6, 6.07) is 11.8. The third-order valence-corrected chi connectivity index (χ3v) is 3.42. The molecule has 1 aromatic heterocycles. The number of carbonyl (C=O) groups is 2. The second kappa shape index (κ2) is 7.43. The van der Waals surface area contributed by atoms with Crippen molar-refractivity contribution in [2.45, 2.75) is 0 Å². The number of hydrogen-bond acceptors (Lipinski definition) is 4. The van der Waals surface area contributed by atoms with Crippen molar-refractivity contribution < 1.29 is 14.0 Å². The van der Waals surface area contributed by atoms with Gasteiger partial charge in [-0.05, 0) is 30.3 Å². The molecule has 3 aromatic rings. The number of aromatic amines is 2. The Morgan fingerprint density at radius 3 is 2.65 bits per heavy atom. The van der Waals surface area contributed by atoms with Gasteiger partial charge in [-0.1, -0.05) is 18.2 Å². The van der Waals surface area contributed by atoms with Crippen LogP contribution in [0.3, 0.4) is 0 Å². The van der Waals surface area contributed by atoms with Crippen LogP contribution in [0, 0.1) is 5.82 Å². The fourth-order valence-corrected chi connectivity index (χ4v) is 2.25. The Morgan fingerprint density at radius 1 is 1.12 bits per heavy atom. The lowest BCUT2D eigenvalue weighted by atomic mass is 10.2. The van der Waals surface area contributed by atoms with Crippen LogP contribution in [-0.2, 0) is 4.79 Å². The molecular weight excluding hydrogens is 341 g/mol. The molecule has 26 heavy (non-hydrogen) atoms. The largest absolute Gasteiger partial charge is 0.343 e. The standard InChI is InChI=1S/C17H14FN5O3/c18-12-5-1-4-11(7-12)16(25)19-9-14(24)20-13-6-2-3-10(8-13)15-21-17(26)23-22-15/h1-8H,9H2,(H,19,25)(H,20,24)(H2,21,22,23,26). The molecule has 0 spiro atoms. The molecule has 9 heteroatoms. The first kappa shape index (κ1) is 17.1. The number of nitrogens with one attached hydrogen (secondary N) is 4. The molecule has 0 bridgehead atoms. The van der Waals surface area contributed by atoms with E-state index in [0.717, 1.165) is 6.07 Å². The quantitative estimate of drug-likeness (QED) is 0.551. The molecule has 0 aliphatic carbocycles. The fraction of sp³-hybridized carbons (Fsp3) is 0.0588. The Balaban J connectivity index is 1.60. The topological polar surface area (TPSA) is 120 Å². The Kier molecular flexibility index (Phi) is 4.88. The molecule has 2 amide bonds. The molecule has 0 saturated carbocycles. The predicted octanol–water partition coefficient (Wildman–Crippen LogP) is 1.27. The Bertz CT molecular complexity index is 1010. The molecule has 2 aromatic carbocycles. The maximum Gasteiger partial charge on any atom is 0.340 e. The van der Waals surface area contributed by atoms with Crippen molar-refractivity contribution in [3.05, 3.63) is 70.4 Å². The number of aromatic nitrogens is 3. The first-order valence-corrected chi connectivity index (χ1v) is 7.60. The Hall–Kier alpha value is -3.75. The minimum absolute atomic E-state index is 0.127. The van der Waals surface area contributed by atoms with Crippen LogP contribution in [0.15, 0.2) is 53.3 Å². The van der Waals surface area contributed by atoms with E-state index in [1.165, 1.54) is 18.2 Å². The number of anilines is 1. The van der Waals surface area contributed by atoms with Gasteiger partial charge in [-0.2, -0.15) is 5.10 Å². The van der Waals surface area contributed by atoms with Gasteiger partial charge in [0.1, 0.15) is 5.82 Å². The van der Waals surface area contributed by atoms with E-state index in [-0.39, 0.29) is 12.1 Å². The van der Waals surface area contributed by atoms with Gasteiger partial charge in [-0.25, -0.2) is 14.3 Å². The lowest BCUT2D eigenvalue weighted by molar-refractivity contribution is -0.115. The fourth-order valence-electron chi connectivity index (χ4n) is 2.25. The highest BCUT2D eigenvalue weighted by Gasteiger charge is 2.10. The van der Waals surface area contributed by atoms with Crippen LogP contribution >= 0.6 is 0 Å². The zero-order valence-electron chi connectivity index (χ0n) is 13.4. The van der Waals surface area contributed by atoms with Gasteiger partial charge in [0.2, 0.25) is 5.91 Å². The molecule has 0 atom stereocenters. The Labute approximate surface area is 146 Å². The molecule has 0 fully saturated rings. The second-order valence-electron chi connectivity index (χ2n) is 5.35. The highest BCUT2D eigenvalue weighted by atomic mass is 19.1. The van der Waals surface area contributed by atoms with Crippen molar-refractivity contribution in [1.82, 2.24) is 20.5 Å². The van der Waals surface area contributed by atoms with Gasteiger partial charge < -0.3 is 10.6 Å².